The summed E-state index contributed by atoms with van der Waals surface area (Å²) in [6.07, 6.45) is 10.2. The van der Waals surface area contributed by atoms with Crippen LogP contribution < -0.4 is 0 Å². The van der Waals surface area contributed by atoms with Crippen molar-refractivity contribution in [2.75, 3.05) is 0 Å². The SMILES string of the molecule is CC1CC[C@@H]2[C@@H](CC[C@@]2(C)O)C(C)(C)/C1=C\C[C@H]1[C@@](C)(O)CCC2OC(C)(C)C(=O)CC[C@@]21C. The third-order valence-corrected chi connectivity index (χ3v) is 11.1. The molecule has 3 saturated carbocycles. The van der Waals surface area contributed by atoms with Gasteiger partial charge in [0.05, 0.1) is 17.3 Å². The van der Waals surface area contributed by atoms with Crippen LogP contribution >= 0.6 is 0 Å². The summed E-state index contributed by atoms with van der Waals surface area (Å²) in [5.74, 6) is 1.55. The van der Waals surface area contributed by atoms with Crippen molar-refractivity contribution >= 4 is 5.78 Å². The number of fused-ring (bicyclic) bond motifs is 2. The largest absolute Gasteiger partial charge is 0.390 e. The molecular weight excluding hydrogens is 424 g/mol. The van der Waals surface area contributed by atoms with Crippen LogP contribution in [0.2, 0.25) is 0 Å². The van der Waals surface area contributed by atoms with Gasteiger partial charge in [0.1, 0.15) is 5.60 Å². The highest BCUT2D eigenvalue weighted by molar-refractivity contribution is 5.86. The maximum atomic E-state index is 12.8. The topological polar surface area (TPSA) is 66.8 Å². The molecule has 4 rings (SSSR count). The predicted octanol–water partition coefficient (Wildman–Crippen LogP) is 6.23. The van der Waals surface area contributed by atoms with E-state index in [1.165, 1.54) is 5.57 Å². The van der Waals surface area contributed by atoms with Gasteiger partial charge in [-0.2, -0.15) is 0 Å². The predicted molar refractivity (Wildman–Crippen MR) is 136 cm³/mol. The second-order valence-electron chi connectivity index (χ2n) is 14.2. The molecule has 194 valence electrons. The first kappa shape index (κ1) is 26.4. The fourth-order valence-electron chi connectivity index (χ4n) is 8.81. The molecule has 34 heavy (non-hydrogen) atoms. The van der Waals surface area contributed by atoms with E-state index in [4.69, 9.17) is 4.74 Å². The summed E-state index contributed by atoms with van der Waals surface area (Å²) in [6.45, 7) is 17.3. The number of hydrogen-bond donors (Lipinski definition) is 2. The van der Waals surface area contributed by atoms with Gasteiger partial charge in [0.15, 0.2) is 5.78 Å². The van der Waals surface area contributed by atoms with Crippen molar-refractivity contribution in [1.29, 1.82) is 0 Å². The van der Waals surface area contributed by atoms with Gasteiger partial charge in [-0.15, -0.1) is 0 Å². The summed E-state index contributed by atoms with van der Waals surface area (Å²) in [6, 6.07) is 0. The first-order valence-electron chi connectivity index (χ1n) is 13.9. The Labute approximate surface area is 207 Å². The van der Waals surface area contributed by atoms with Gasteiger partial charge in [0.25, 0.3) is 0 Å². The minimum absolute atomic E-state index is 0.00792. The molecule has 0 radical (unpaired) electrons. The third kappa shape index (κ3) is 4.24. The molecule has 0 bridgehead atoms. The lowest BCUT2D eigenvalue weighted by molar-refractivity contribution is -0.193. The van der Waals surface area contributed by atoms with Crippen LogP contribution in [0, 0.1) is 34.5 Å². The Morgan fingerprint density at radius 3 is 2.21 bits per heavy atom. The lowest BCUT2D eigenvalue weighted by Gasteiger charge is -2.54. The molecule has 0 aromatic carbocycles. The van der Waals surface area contributed by atoms with Crippen molar-refractivity contribution in [3.63, 3.8) is 0 Å². The van der Waals surface area contributed by atoms with Crippen molar-refractivity contribution < 1.29 is 19.7 Å². The minimum Gasteiger partial charge on any atom is -0.390 e. The van der Waals surface area contributed by atoms with Crippen molar-refractivity contribution in [3.8, 4) is 0 Å². The van der Waals surface area contributed by atoms with E-state index in [2.05, 4.69) is 33.8 Å². The molecule has 2 N–H and O–H groups in total. The molecule has 0 amide bonds. The lowest BCUT2D eigenvalue weighted by atomic mass is 9.56. The van der Waals surface area contributed by atoms with Crippen LogP contribution in [-0.2, 0) is 9.53 Å². The van der Waals surface area contributed by atoms with E-state index in [-0.39, 0.29) is 28.6 Å². The second kappa shape index (κ2) is 8.42. The molecule has 3 aliphatic carbocycles. The number of Topliss-reactive ketones (excluding diaryl/α,β-unsaturated/α-hetero) is 1. The second-order valence-corrected chi connectivity index (χ2v) is 14.2. The number of rotatable bonds is 2. The van der Waals surface area contributed by atoms with Gasteiger partial charge >= 0.3 is 0 Å². The maximum absolute atomic E-state index is 12.8. The maximum Gasteiger partial charge on any atom is 0.164 e. The first-order valence-corrected chi connectivity index (χ1v) is 13.9. The molecule has 1 aliphatic heterocycles. The zero-order valence-electron chi connectivity index (χ0n) is 23.0. The summed E-state index contributed by atoms with van der Waals surface area (Å²) in [5, 5.41) is 22.7. The minimum atomic E-state index is -0.777. The molecule has 0 spiro atoms. The van der Waals surface area contributed by atoms with Crippen LogP contribution in [0.4, 0.5) is 0 Å². The van der Waals surface area contributed by atoms with E-state index in [1.54, 1.807) is 0 Å². The van der Waals surface area contributed by atoms with Crippen LogP contribution in [0.15, 0.2) is 11.6 Å². The van der Waals surface area contributed by atoms with Gasteiger partial charge in [-0.05, 0) is 108 Å². The van der Waals surface area contributed by atoms with E-state index < -0.39 is 16.8 Å². The normalized spacial score (nSPS) is 49.8. The number of hydrogen-bond acceptors (Lipinski definition) is 4. The van der Waals surface area contributed by atoms with Gasteiger partial charge in [0.2, 0.25) is 0 Å². The Kier molecular flexibility index (Phi) is 6.52. The number of carbonyl (C=O) groups is 1. The average Bonchev–Trinajstić information content (AvgIpc) is 2.93. The number of carbonyl (C=O) groups excluding carboxylic acids is 1. The zero-order chi connectivity index (χ0) is 25.3. The Morgan fingerprint density at radius 1 is 0.882 bits per heavy atom. The zero-order valence-corrected chi connectivity index (χ0v) is 23.0. The smallest absolute Gasteiger partial charge is 0.164 e. The fourth-order valence-corrected chi connectivity index (χ4v) is 8.81. The van der Waals surface area contributed by atoms with Gasteiger partial charge in [-0.25, -0.2) is 0 Å². The van der Waals surface area contributed by atoms with Crippen LogP contribution in [0.1, 0.15) is 113 Å². The lowest BCUT2D eigenvalue weighted by Crippen LogP contribution is -2.56. The monoisotopic (exact) mass is 474 g/mol. The Morgan fingerprint density at radius 2 is 1.53 bits per heavy atom. The van der Waals surface area contributed by atoms with E-state index in [9.17, 15) is 15.0 Å². The number of ether oxygens (including phenoxy) is 1. The molecule has 8 atom stereocenters. The van der Waals surface area contributed by atoms with Crippen LogP contribution in [0.3, 0.4) is 0 Å². The molecule has 1 saturated heterocycles. The van der Waals surface area contributed by atoms with Crippen molar-refractivity contribution in [2.24, 2.45) is 34.5 Å². The highest BCUT2D eigenvalue weighted by atomic mass is 16.5. The third-order valence-electron chi connectivity index (χ3n) is 11.1. The average molecular weight is 475 g/mol. The van der Waals surface area contributed by atoms with Gasteiger partial charge in [-0.3, -0.25) is 4.79 Å². The Hall–Kier alpha value is -0.710. The highest BCUT2D eigenvalue weighted by Crippen LogP contribution is 2.59. The summed E-state index contributed by atoms with van der Waals surface area (Å²) >= 11 is 0. The van der Waals surface area contributed by atoms with Crippen LogP contribution in [0.25, 0.3) is 0 Å². The standard InChI is InChI=1S/C30H50O4/c1-19-9-10-22-21(13-17-29(22,7)32)26(2,3)20(19)11-12-23-28(6)16-14-24(31)27(4,5)34-25(28)15-18-30(23,8)33/h11,19,21-23,25,32-33H,9-10,12-18H2,1-8H3/b20-11-/t19?,21-,22-,23-,25?,28-,29-,30+/m1/s1. The van der Waals surface area contributed by atoms with Gasteiger partial charge in [-0.1, -0.05) is 39.3 Å². The molecule has 4 heteroatoms. The van der Waals surface area contributed by atoms with Gasteiger partial charge < -0.3 is 14.9 Å². The summed E-state index contributed by atoms with van der Waals surface area (Å²) in [4.78, 5) is 12.8. The van der Waals surface area contributed by atoms with Gasteiger partial charge in [0, 0.05) is 11.8 Å². The molecule has 0 aromatic rings. The summed E-state index contributed by atoms with van der Waals surface area (Å²) in [5.41, 5.74) is -0.784. The molecule has 2 unspecified atom stereocenters. The van der Waals surface area contributed by atoms with Crippen molar-refractivity contribution in [3.05, 3.63) is 11.6 Å². The first-order chi connectivity index (χ1) is 15.5. The quantitative estimate of drug-likeness (QED) is 0.466. The number of aliphatic hydroxyl groups is 2. The van der Waals surface area contributed by atoms with E-state index in [0.29, 0.717) is 30.6 Å². The molecule has 1 heterocycles. The van der Waals surface area contributed by atoms with Crippen LogP contribution in [-0.4, -0.2) is 38.9 Å². The Bertz CT molecular complexity index is 835. The van der Waals surface area contributed by atoms with Crippen LogP contribution in [0.5, 0.6) is 0 Å². The molecule has 4 fully saturated rings. The van der Waals surface area contributed by atoms with Crippen molar-refractivity contribution in [2.45, 2.75) is 136 Å². The fraction of sp³-hybridized carbons (Fsp3) is 0.900. The number of ketones is 1. The summed E-state index contributed by atoms with van der Waals surface area (Å²) < 4.78 is 6.49. The summed E-state index contributed by atoms with van der Waals surface area (Å²) in [7, 11) is 0. The Balaban J connectivity index is 1.67. The molecule has 4 nitrogen and oxygen atoms in total. The van der Waals surface area contributed by atoms with E-state index in [0.717, 1.165) is 44.9 Å². The molecule has 0 aromatic heterocycles. The molecular formula is C30H50O4. The molecule has 4 aliphatic rings. The highest BCUT2D eigenvalue weighted by Gasteiger charge is 2.57. The van der Waals surface area contributed by atoms with E-state index in [1.807, 2.05) is 27.7 Å². The van der Waals surface area contributed by atoms with E-state index >= 15 is 0 Å². The number of allylic oxidation sites excluding steroid dienone is 2. The van der Waals surface area contributed by atoms with Crippen molar-refractivity contribution in [1.82, 2.24) is 0 Å².